The Bertz CT molecular complexity index is 337. The Morgan fingerprint density at radius 2 is 2.00 bits per heavy atom. The molecule has 0 unspecified atom stereocenters. The van der Waals surface area contributed by atoms with E-state index < -0.39 is 0 Å². The Morgan fingerprint density at radius 3 is 2.41 bits per heavy atom. The molecular formula is C14H25N3. The fourth-order valence-electron chi connectivity index (χ4n) is 1.85. The first-order valence-electron chi connectivity index (χ1n) is 6.26. The maximum Gasteiger partial charge on any atom is 0.0572 e. The summed E-state index contributed by atoms with van der Waals surface area (Å²) in [7, 11) is 2.10. The highest BCUT2D eigenvalue weighted by Crippen LogP contribution is 2.20. The lowest BCUT2D eigenvalue weighted by atomic mass is 9.96. The summed E-state index contributed by atoms with van der Waals surface area (Å²) in [6, 6.07) is 4.18. The molecule has 0 aliphatic heterocycles. The monoisotopic (exact) mass is 235 g/mol. The van der Waals surface area contributed by atoms with Crippen LogP contribution < -0.4 is 10.6 Å². The van der Waals surface area contributed by atoms with Crippen LogP contribution in [-0.2, 0) is 0 Å². The fourth-order valence-corrected chi connectivity index (χ4v) is 1.85. The van der Waals surface area contributed by atoms with Gasteiger partial charge >= 0.3 is 0 Å². The van der Waals surface area contributed by atoms with Crippen molar-refractivity contribution in [2.45, 2.75) is 40.2 Å². The average Bonchev–Trinajstić information content (AvgIpc) is 2.26. The van der Waals surface area contributed by atoms with Crippen LogP contribution in [0.5, 0.6) is 0 Å². The molecule has 1 atom stereocenters. The lowest BCUT2D eigenvalue weighted by molar-refractivity contribution is 0.419. The molecular weight excluding hydrogens is 210 g/mol. The van der Waals surface area contributed by atoms with Crippen LogP contribution in [0, 0.1) is 5.41 Å². The number of nitrogens with zero attached hydrogens (tertiary/aromatic N) is 2. The number of nitrogens with two attached hydrogens (primary N) is 1. The summed E-state index contributed by atoms with van der Waals surface area (Å²) < 4.78 is 0. The standard InChI is InChI=1S/C14H25N3/c1-6-12(15)13-8-7-11(9-16-13)17(5)10-14(2,3)4/h7-9,12H,6,10,15H2,1-5H3/t12-/m0/s1. The first kappa shape index (κ1) is 14.0. The zero-order chi connectivity index (χ0) is 13.1. The summed E-state index contributed by atoms with van der Waals surface area (Å²) in [6.45, 7) is 9.79. The third kappa shape index (κ3) is 4.35. The number of anilines is 1. The predicted octanol–water partition coefficient (Wildman–Crippen LogP) is 2.97. The van der Waals surface area contributed by atoms with Gasteiger partial charge in [0.2, 0.25) is 0 Å². The van der Waals surface area contributed by atoms with Gasteiger partial charge in [0.1, 0.15) is 0 Å². The molecule has 0 bridgehead atoms. The topological polar surface area (TPSA) is 42.1 Å². The van der Waals surface area contributed by atoms with Gasteiger partial charge in [-0.2, -0.15) is 0 Å². The Balaban J connectivity index is 2.74. The predicted molar refractivity (Wildman–Crippen MR) is 74.2 cm³/mol. The normalized spacial score (nSPS) is 13.5. The van der Waals surface area contributed by atoms with Gasteiger partial charge in [-0.1, -0.05) is 27.7 Å². The smallest absolute Gasteiger partial charge is 0.0572 e. The lowest BCUT2D eigenvalue weighted by Gasteiger charge is -2.28. The molecule has 1 aromatic heterocycles. The van der Waals surface area contributed by atoms with Crippen LogP contribution >= 0.6 is 0 Å². The van der Waals surface area contributed by atoms with E-state index in [4.69, 9.17) is 5.73 Å². The molecule has 0 aromatic carbocycles. The van der Waals surface area contributed by atoms with Gasteiger partial charge in [-0.3, -0.25) is 4.98 Å². The highest BCUT2D eigenvalue weighted by atomic mass is 15.1. The van der Waals surface area contributed by atoms with E-state index in [2.05, 4.69) is 50.7 Å². The van der Waals surface area contributed by atoms with Gasteiger partial charge in [-0.05, 0) is 24.0 Å². The van der Waals surface area contributed by atoms with Gasteiger partial charge in [-0.15, -0.1) is 0 Å². The molecule has 0 amide bonds. The van der Waals surface area contributed by atoms with Crippen molar-refractivity contribution >= 4 is 5.69 Å². The third-order valence-corrected chi connectivity index (χ3v) is 2.74. The summed E-state index contributed by atoms with van der Waals surface area (Å²) in [5.74, 6) is 0. The molecule has 0 aliphatic carbocycles. The average molecular weight is 235 g/mol. The highest BCUT2D eigenvalue weighted by molar-refractivity contribution is 5.44. The van der Waals surface area contributed by atoms with E-state index in [-0.39, 0.29) is 11.5 Å². The minimum atomic E-state index is 0.0528. The van der Waals surface area contributed by atoms with Crippen molar-refractivity contribution in [1.29, 1.82) is 0 Å². The Kier molecular flexibility index (Phi) is 4.52. The van der Waals surface area contributed by atoms with Crippen LogP contribution in [0.15, 0.2) is 18.3 Å². The van der Waals surface area contributed by atoms with Gasteiger partial charge in [0.05, 0.1) is 17.6 Å². The number of hydrogen-bond acceptors (Lipinski definition) is 3. The highest BCUT2D eigenvalue weighted by Gasteiger charge is 2.14. The van der Waals surface area contributed by atoms with Gasteiger partial charge in [-0.25, -0.2) is 0 Å². The molecule has 96 valence electrons. The van der Waals surface area contributed by atoms with Crippen LogP contribution in [0.25, 0.3) is 0 Å². The molecule has 0 radical (unpaired) electrons. The van der Waals surface area contributed by atoms with Crippen molar-refractivity contribution in [2.24, 2.45) is 11.1 Å². The zero-order valence-corrected chi connectivity index (χ0v) is 11.7. The molecule has 1 aromatic rings. The van der Waals surface area contributed by atoms with Gasteiger partial charge < -0.3 is 10.6 Å². The first-order valence-corrected chi connectivity index (χ1v) is 6.26. The van der Waals surface area contributed by atoms with E-state index in [1.807, 2.05) is 12.3 Å². The molecule has 1 rings (SSSR count). The maximum absolute atomic E-state index is 5.95. The largest absolute Gasteiger partial charge is 0.373 e. The SMILES string of the molecule is CC[C@H](N)c1ccc(N(C)CC(C)(C)C)cn1. The van der Waals surface area contributed by atoms with E-state index in [1.165, 1.54) is 0 Å². The van der Waals surface area contributed by atoms with Gasteiger partial charge in [0, 0.05) is 19.6 Å². The van der Waals surface area contributed by atoms with Crippen molar-refractivity contribution in [3.05, 3.63) is 24.0 Å². The molecule has 3 heteroatoms. The van der Waals surface area contributed by atoms with E-state index in [0.29, 0.717) is 0 Å². The fraction of sp³-hybridized carbons (Fsp3) is 0.643. The van der Waals surface area contributed by atoms with Crippen molar-refractivity contribution in [3.63, 3.8) is 0 Å². The minimum absolute atomic E-state index is 0.0528. The second-order valence-corrected chi connectivity index (χ2v) is 5.87. The number of pyridine rings is 1. The van der Waals surface area contributed by atoms with E-state index in [1.54, 1.807) is 0 Å². The summed E-state index contributed by atoms with van der Waals surface area (Å²) in [5, 5.41) is 0. The summed E-state index contributed by atoms with van der Waals surface area (Å²) >= 11 is 0. The van der Waals surface area contributed by atoms with Crippen LogP contribution in [0.1, 0.15) is 45.9 Å². The third-order valence-electron chi connectivity index (χ3n) is 2.74. The van der Waals surface area contributed by atoms with E-state index >= 15 is 0 Å². The van der Waals surface area contributed by atoms with E-state index in [9.17, 15) is 0 Å². The summed E-state index contributed by atoms with van der Waals surface area (Å²) in [6.07, 6.45) is 2.83. The van der Waals surface area contributed by atoms with Crippen molar-refractivity contribution in [1.82, 2.24) is 4.98 Å². The number of aromatic nitrogens is 1. The van der Waals surface area contributed by atoms with Gasteiger partial charge in [0.25, 0.3) is 0 Å². The quantitative estimate of drug-likeness (QED) is 0.872. The zero-order valence-electron chi connectivity index (χ0n) is 11.7. The molecule has 2 N–H and O–H groups in total. The molecule has 0 saturated heterocycles. The molecule has 0 spiro atoms. The van der Waals surface area contributed by atoms with Crippen molar-refractivity contribution in [3.8, 4) is 0 Å². The second-order valence-electron chi connectivity index (χ2n) is 5.87. The molecule has 17 heavy (non-hydrogen) atoms. The van der Waals surface area contributed by atoms with E-state index in [0.717, 1.165) is 24.3 Å². The van der Waals surface area contributed by atoms with Crippen LogP contribution in [0.2, 0.25) is 0 Å². The Morgan fingerprint density at radius 1 is 1.35 bits per heavy atom. The number of rotatable bonds is 4. The van der Waals surface area contributed by atoms with Gasteiger partial charge in [0.15, 0.2) is 0 Å². The summed E-state index contributed by atoms with van der Waals surface area (Å²) in [4.78, 5) is 6.66. The molecule has 0 aliphatic rings. The molecule has 1 heterocycles. The van der Waals surface area contributed by atoms with Crippen LogP contribution in [-0.4, -0.2) is 18.6 Å². The Hall–Kier alpha value is -1.09. The van der Waals surface area contributed by atoms with Crippen molar-refractivity contribution < 1.29 is 0 Å². The maximum atomic E-state index is 5.95. The second kappa shape index (κ2) is 5.50. The lowest BCUT2D eigenvalue weighted by Crippen LogP contribution is -2.29. The minimum Gasteiger partial charge on any atom is -0.373 e. The van der Waals surface area contributed by atoms with Crippen LogP contribution in [0.4, 0.5) is 5.69 Å². The van der Waals surface area contributed by atoms with Crippen LogP contribution in [0.3, 0.4) is 0 Å². The summed E-state index contributed by atoms with van der Waals surface area (Å²) in [5.41, 5.74) is 8.35. The number of hydrogen-bond donors (Lipinski definition) is 1. The molecule has 0 saturated carbocycles. The molecule has 3 nitrogen and oxygen atoms in total. The first-order chi connectivity index (χ1) is 7.83. The van der Waals surface area contributed by atoms with Crippen molar-refractivity contribution in [2.75, 3.05) is 18.5 Å². The Labute approximate surface area is 105 Å². The molecule has 0 fully saturated rings.